The molecule has 5 aromatic rings. The molecule has 5 rings (SSSR count). The summed E-state index contributed by atoms with van der Waals surface area (Å²) in [7, 11) is -2.11. The highest BCUT2D eigenvalue weighted by molar-refractivity contribution is 7.92. The fourth-order valence-corrected chi connectivity index (χ4v) is 5.02. The van der Waals surface area contributed by atoms with E-state index in [9.17, 15) is 18.5 Å². The normalized spacial score (nSPS) is 12.0. The molecule has 1 atom stereocenters. The summed E-state index contributed by atoms with van der Waals surface area (Å²) in [5, 5.41) is 13.9. The Morgan fingerprint density at radius 2 is 1.83 bits per heavy atom. The van der Waals surface area contributed by atoms with Gasteiger partial charge in [-0.15, -0.1) is 0 Å². The second-order valence-electron chi connectivity index (χ2n) is 9.42. The summed E-state index contributed by atoms with van der Waals surface area (Å²) >= 11 is 0. The van der Waals surface area contributed by atoms with Crippen LogP contribution in [0, 0.1) is 11.3 Å². The number of fused-ring (bicyclic) bond motifs is 1. The lowest BCUT2D eigenvalue weighted by Gasteiger charge is -2.22. The van der Waals surface area contributed by atoms with Gasteiger partial charge in [0.25, 0.3) is 5.56 Å². The Bertz CT molecular complexity index is 1990. The number of aromatic nitrogens is 4. The van der Waals surface area contributed by atoms with Crippen LogP contribution in [0.2, 0.25) is 0 Å². The highest BCUT2D eigenvalue weighted by Gasteiger charge is 2.21. The van der Waals surface area contributed by atoms with Crippen LogP contribution in [0.4, 0.5) is 17.6 Å². The van der Waals surface area contributed by atoms with Crippen molar-refractivity contribution in [3.8, 4) is 22.9 Å². The third kappa shape index (κ3) is 5.30. The minimum Gasteiger partial charge on any atom is -0.368 e. The Morgan fingerprint density at radius 1 is 1.07 bits per heavy atom. The molecule has 0 aliphatic rings. The van der Waals surface area contributed by atoms with E-state index < -0.39 is 16.1 Å². The van der Waals surface area contributed by atoms with Gasteiger partial charge in [0.15, 0.2) is 0 Å². The quantitative estimate of drug-likeness (QED) is 0.298. The van der Waals surface area contributed by atoms with E-state index in [1.807, 2.05) is 61.5 Å². The van der Waals surface area contributed by atoms with E-state index in [1.54, 1.807) is 16.7 Å². The van der Waals surface area contributed by atoms with Gasteiger partial charge in [-0.3, -0.25) is 13.7 Å². The van der Waals surface area contributed by atoms with Crippen LogP contribution in [-0.4, -0.2) is 41.2 Å². The van der Waals surface area contributed by atoms with Crippen LogP contribution in [0.1, 0.15) is 24.2 Å². The van der Waals surface area contributed by atoms with Gasteiger partial charge in [-0.05, 0) is 53.8 Å². The molecule has 0 aliphatic heterocycles. The second kappa shape index (κ2) is 10.7. The minimum absolute atomic E-state index is 0.0144. The van der Waals surface area contributed by atoms with Gasteiger partial charge in [-0.25, -0.2) is 18.4 Å². The molecule has 11 nitrogen and oxygen atoms in total. The summed E-state index contributed by atoms with van der Waals surface area (Å²) in [6.07, 6.45) is 3.96. The molecule has 2 aromatic carbocycles. The molecule has 0 spiro atoms. The maximum Gasteiger partial charge on any atom is 0.263 e. The van der Waals surface area contributed by atoms with E-state index in [2.05, 4.69) is 26.3 Å². The molecule has 3 N–H and O–H groups in total. The van der Waals surface area contributed by atoms with Crippen molar-refractivity contribution in [1.82, 2.24) is 19.5 Å². The standard InChI is InChI=1S/C29H26N8O3S/c1-18(34-27-21(16-30)17-33-29(31)35-27)24-14-20-8-7-11-23(19-12-13-32-25(15-19)36(2)41(3,39)40)26(20)28(38)37(24)22-9-5-4-6-10-22/h4-15,17-18H,1-3H3,(H3,31,33,34,35). The minimum atomic E-state index is -3.54. The van der Waals surface area contributed by atoms with Crippen LogP contribution in [0.15, 0.2) is 83.9 Å². The molecule has 1 unspecified atom stereocenters. The number of benzene rings is 2. The van der Waals surface area contributed by atoms with Gasteiger partial charge in [0.05, 0.1) is 23.9 Å². The van der Waals surface area contributed by atoms with Crippen molar-refractivity contribution >= 4 is 38.4 Å². The number of anilines is 3. The van der Waals surface area contributed by atoms with Crippen LogP contribution in [0.3, 0.4) is 0 Å². The third-order valence-electron chi connectivity index (χ3n) is 6.69. The predicted octanol–water partition coefficient (Wildman–Crippen LogP) is 3.87. The fourth-order valence-electron chi connectivity index (χ4n) is 4.58. The van der Waals surface area contributed by atoms with Crippen molar-refractivity contribution in [1.29, 1.82) is 5.26 Å². The highest BCUT2D eigenvalue weighted by atomic mass is 32.2. The lowest BCUT2D eigenvalue weighted by atomic mass is 9.98. The van der Waals surface area contributed by atoms with E-state index >= 15 is 0 Å². The maximum atomic E-state index is 14.4. The molecule has 0 fully saturated rings. The molecule has 0 saturated heterocycles. The Kier molecular flexibility index (Phi) is 7.13. The Morgan fingerprint density at radius 3 is 2.54 bits per heavy atom. The topological polar surface area (TPSA) is 160 Å². The number of para-hydroxylation sites is 1. The molecule has 0 radical (unpaired) electrons. The Balaban J connectivity index is 1.73. The van der Waals surface area contributed by atoms with Crippen LogP contribution in [0.25, 0.3) is 27.6 Å². The maximum absolute atomic E-state index is 14.4. The number of nitrogen functional groups attached to an aromatic ring is 1. The third-order valence-corrected chi connectivity index (χ3v) is 7.87. The predicted molar refractivity (Wildman–Crippen MR) is 159 cm³/mol. The summed E-state index contributed by atoms with van der Waals surface area (Å²) in [5.41, 5.74) is 8.26. The number of nitrogens with zero attached hydrogens (tertiary/aromatic N) is 6. The molecular formula is C29H26N8O3S. The molecule has 12 heteroatoms. The number of hydrogen-bond donors (Lipinski definition) is 2. The van der Waals surface area contributed by atoms with Crippen molar-refractivity contribution in [2.45, 2.75) is 13.0 Å². The number of rotatable bonds is 7. The van der Waals surface area contributed by atoms with Crippen LogP contribution in [-0.2, 0) is 10.0 Å². The van der Waals surface area contributed by atoms with E-state index in [0.717, 1.165) is 10.6 Å². The molecule has 3 aromatic heterocycles. The lowest BCUT2D eigenvalue weighted by Crippen LogP contribution is -2.26. The number of nitrogens with one attached hydrogen (secondary N) is 1. The average Bonchev–Trinajstić information content (AvgIpc) is 2.96. The largest absolute Gasteiger partial charge is 0.368 e. The Labute approximate surface area is 236 Å². The monoisotopic (exact) mass is 566 g/mol. The summed E-state index contributed by atoms with van der Waals surface area (Å²) in [6, 6.07) is 21.6. The van der Waals surface area contributed by atoms with Crippen molar-refractivity contribution in [2.24, 2.45) is 0 Å². The Hall–Kier alpha value is -5.28. The molecule has 3 heterocycles. The van der Waals surface area contributed by atoms with Gasteiger partial charge < -0.3 is 11.1 Å². The average molecular weight is 567 g/mol. The molecule has 206 valence electrons. The molecule has 0 aliphatic carbocycles. The summed E-state index contributed by atoms with van der Waals surface area (Å²) in [4.78, 5) is 26.7. The van der Waals surface area contributed by atoms with Crippen molar-refractivity contribution in [3.63, 3.8) is 0 Å². The van der Waals surface area contributed by atoms with E-state index in [0.29, 0.717) is 33.3 Å². The summed E-state index contributed by atoms with van der Waals surface area (Å²) in [5.74, 6) is 0.505. The fraction of sp³-hybridized carbons (Fsp3) is 0.138. The summed E-state index contributed by atoms with van der Waals surface area (Å²) in [6.45, 7) is 1.86. The number of pyridine rings is 2. The first kappa shape index (κ1) is 27.3. The van der Waals surface area contributed by atoms with Gasteiger partial charge in [0, 0.05) is 24.6 Å². The number of hydrogen-bond acceptors (Lipinski definition) is 9. The number of nitriles is 1. The van der Waals surface area contributed by atoms with Crippen LogP contribution in [0.5, 0.6) is 0 Å². The first-order valence-corrected chi connectivity index (χ1v) is 14.4. The van der Waals surface area contributed by atoms with Crippen molar-refractivity contribution in [3.05, 3.63) is 101 Å². The van der Waals surface area contributed by atoms with Crippen LogP contribution < -0.4 is 20.9 Å². The van der Waals surface area contributed by atoms with Crippen molar-refractivity contribution in [2.75, 3.05) is 28.7 Å². The molecule has 0 bridgehead atoms. The van der Waals surface area contributed by atoms with Crippen LogP contribution >= 0.6 is 0 Å². The zero-order valence-corrected chi connectivity index (χ0v) is 23.3. The van der Waals surface area contributed by atoms with E-state index in [4.69, 9.17) is 5.73 Å². The first-order valence-electron chi connectivity index (χ1n) is 12.5. The number of nitrogens with two attached hydrogens (primary N) is 1. The van der Waals surface area contributed by atoms with Gasteiger partial charge in [-0.1, -0.05) is 36.4 Å². The number of sulfonamides is 1. The summed E-state index contributed by atoms with van der Waals surface area (Å²) < 4.78 is 27.0. The molecule has 0 amide bonds. The SMILES string of the molecule is CC(Nc1nc(N)ncc1C#N)c1cc2cccc(-c3ccnc(N(C)S(C)(=O)=O)c3)c2c(=O)n1-c1ccccc1. The highest BCUT2D eigenvalue weighted by Crippen LogP contribution is 2.31. The zero-order chi connectivity index (χ0) is 29.3. The second-order valence-corrected chi connectivity index (χ2v) is 11.4. The van der Waals surface area contributed by atoms with Crippen molar-refractivity contribution < 1.29 is 8.42 Å². The molecule has 41 heavy (non-hydrogen) atoms. The van der Waals surface area contributed by atoms with Gasteiger partial charge in [-0.2, -0.15) is 10.2 Å². The zero-order valence-electron chi connectivity index (χ0n) is 22.5. The van der Waals surface area contributed by atoms with Gasteiger partial charge in [0.2, 0.25) is 16.0 Å². The first-order chi connectivity index (χ1) is 19.6. The molecular weight excluding hydrogens is 540 g/mol. The lowest BCUT2D eigenvalue weighted by molar-refractivity contribution is 0.600. The van der Waals surface area contributed by atoms with Gasteiger partial charge >= 0.3 is 0 Å². The smallest absolute Gasteiger partial charge is 0.263 e. The van der Waals surface area contributed by atoms with E-state index in [-0.39, 0.29) is 28.7 Å². The molecule has 0 saturated carbocycles. The van der Waals surface area contributed by atoms with Gasteiger partial charge in [0.1, 0.15) is 23.3 Å². The van der Waals surface area contributed by atoms with E-state index in [1.165, 1.54) is 19.4 Å².